The van der Waals surface area contributed by atoms with E-state index in [0.717, 1.165) is 0 Å². The second-order valence-electron chi connectivity index (χ2n) is 7.14. The second-order valence-corrected chi connectivity index (χ2v) is 7.14. The van der Waals surface area contributed by atoms with Crippen LogP contribution < -0.4 is 18.9 Å². The number of fused-ring (bicyclic) bond motifs is 1. The quantitative estimate of drug-likeness (QED) is 0.432. The molecule has 9 nitrogen and oxygen atoms in total. The number of pyridine rings is 1. The summed E-state index contributed by atoms with van der Waals surface area (Å²) in [7, 11) is 6.14. The highest BCUT2D eigenvalue weighted by molar-refractivity contribution is 6.08. The van der Waals surface area contributed by atoms with E-state index in [1.54, 1.807) is 60.7 Å². The first-order valence-corrected chi connectivity index (χ1v) is 10.0. The topological polar surface area (TPSA) is 105 Å². The van der Waals surface area contributed by atoms with Crippen molar-refractivity contribution < 1.29 is 28.8 Å². The van der Waals surface area contributed by atoms with Crippen molar-refractivity contribution in [2.75, 3.05) is 28.4 Å². The molecule has 0 amide bonds. The molecular formula is C24H23N3O6. The van der Waals surface area contributed by atoms with E-state index in [1.165, 1.54) is 21.3 Å². The van der Waals surface area contributed by atoms with Crippen LogP contribution in [-0.2, 0) is 6.54 Å². The highest BCUT2D eigenvalue weighted by Gasteiger charge is 2.24. The summed E-state index contributed by atoms with van der Waals surface area (Å²) in [5.41, 5.74) is 2.15. The first-order chi connectivity index (χ1) is 16.0. The minimum atomic E-state index is -1.10. The van der Waals surface area contributed by atoms with Crippen molar-refractivity contribution in [3.8, 4) is 34.1 Å². The van der Waals surface area contributed by atoms with E-state index in [2.05, 4.69) is 4.98 Å². The molecule has 0 radical (unpaired) electrons. The molecule has 0 saturated heterocycles. The summed E-state index contributed by atoms with van der Waals surface area (Å²) in [6.45, 7) is 0.228. The fraction of sp³-hybridized carbons (Fsp3) is 0.208. The van der Waals surface area contributed by atoms with Crippen LogP contribution >= 0.6 is 0 Å². The zero-order valence-electron chi connectivity index (χ0n) is 18.7. The van der Waals surface area contributed by atoms with Gasteiger partial charge in [-0.25, -0.2) is 14.8 Å². The summed E-state index contributed by atoms with van der Waals surface area (Å²) in [5, 5.41) is 10.9. The Morgan fingerprint density at radius 2 is 1.61 bits per heavy atom. The van der Waals surface area contributed by atoms with Crippen LogP contribution in [0.3, 0.4) is 0 Å². The van der Waals surface area contributed by atoms with E-state index in [4.69, 9.17) is 23.9 Å². The first-order valence-electron chi connectivity index (χ1n) is 10.0. The zero-order valence-corrected chi connectivity index (χ0v) is 18.7. The Labute approximate surface area is 190 Å². The van der Waals surface area contributed by atoms with Gasteiger partial charge in [-0.2, -0.15) is 0 Å². The second kappa shape index (κ2) is 9.07. The molecule has 2 heterocycles. The molecule has 0 unspecified atom stereocenters. The van der Waals surface area contributed by atoms with Crippen molar-refractivity contribution in [2.24, 2.45) is 0 Å². The Kier molecular flexibility index (Phi) is 6.03. The van der Waals surface area contributed by atoms with E-state index in [9.17, 15) is 9.90 Å². The number of methoxy groups -OCH3 is 4. The van der Waals surface area contributed by atoms with Gasteiger partial charge in [0.05, 0.1) is 58.1 Å². The number of rotatable bonds is 8. The Hall–Kier alpha value is -4.27. The molecule has 170 valence electrons. The fourth-order valence-corrected chi connectivity index (χ4v) is 3.83. The van der Waals surface area contributed by atoms with E-state index >= 15 is 0 Å². The van der Waals surface area contributed by atoms with Gasteiger partial charge in [0.1, 0.15) is 0 Å². The SMILES string of the molecule is COc1ccc(-c2c(C(=O)O)c(Cn3ccnc3)nc3cc(OC)c(OC)cc23)cc1OC. The summed E-state index contributed by atoms with van der Waals surface area (Å²) >= 11 is 0. The largest absolute Gasteiger partial charge is 0.493 e. The third kappa shape index (κ3) is 4.00. The summed E-state index contributed by atoms with van der Waals surface area (Å²) in [6.07, 6.45) is 5.00. The first kappa shape index (κ1) is 21.9. The van der Waals surface area contributed by atoms with E-state index in [-0.39, 0.29) is 12.1 Å². The van der Waals surface area contributed by atoms with Crippen LogP contribution in [0.15, 0.2) is 49.1 Å². The molecule has 0 bridgehead atoms. The Morgan fingerprint density at radius 1 is 0.939 bits per heavy atom. The van der Waals surface area contributed by atoms with Gasteiger partial charge < -0.3 is 28.6 Å². The normalized spacial score (nSPS) is 10.8. The van der Waals surface area contributed by atoms with Crippen molar-refractivity contribution in [1.29, 1.82) is 0 Å². The van der Waals surface area contributed by atoms with Gasteiger partial charge in [0.2, 0.25) is 0 Å². The van der Waals surface area contributed by atoms with Crippen molar-refractivity contribution in [3.05, 3.63) is 60.3 Å². The lowest BCUT2D eigenvalue weighted by atomic mass is 9.93. The molecule has 33 heavy (non-hydrogen) atoms. The third-order valence-electron chi connectivity index (χ3n) is 5.34. The number of carboxylic acid groups (broad SMARTS) is 1. The molecule has 0 atom stereocenters. The molecule has 4 rings (SSSR count). The van der Waals surface area contributed by atoms with Crippen molar-refractivity contribution in [1.82, 2.24) is 14.5 Å². The van der Waals surface area contributed by atoms with Gasteiger partial charge in [-0.3, -0.25) is 0 Å². The summed E-state index contributed by atoms with van der Waals surface area (Å²) in [5.74, 6) is 0.876. The predicted octanol–water partition coefficient (Wildman–Crippen LogP) is 3.88. The summed E-state index contributed by atoms with van der Waals surface area (Å²) < 4.78 is 23.5. The van der Waals surface area contributed by atoms with Crippen LogP contribution in [0, 0.1) is 0 Å². The van der Waals surface area contributed by atoms with E-state index in [0.29, 0.717) is 50.7 Å². The number of aromatic nitrogens is 3. The number of hydrogen-bond donors (Lipinski definition) is 1. The van der Waals surface area contributed by atoms with E-state index < -0.39 is 5.97 Å². The number of imidazole rings is 1. The molecule has 1 N–H and O–H groups in total. The predicted molar refractivity (Wildman–Crippen MR) is 122 cm³/mol. The van der Waals surface area contributed by atoms with Crippen LogP contribution in [-0.4, -0.2) is 54.1 Å². The average Bonchev–Trinajstić information content (AvgIpc) is 3.34. The minimum absolute atomic E-state index is 0.0793. The lowest BCUT2D eigenvalue weighted by Crippen LogP contribution is -2.12. The van der Waals surface area contributed by atoms with E-state index in [1.807, 2.05) is 0 Å². The smallest absolute Gasteiger partial charge is 0.338 e. The molecule has 4 aromatic rings. The zero-order chi connectivity index (χ0) is 23.5. The van der Waals surface area contributed by atoms with Gasteiger partial charge in [0.25, 0.3) is 0 Å². The standard InChI is InChI=1S/C24H23N3O6/c1-30-18-6-5-14(9-19(18)31-2)22-15-10-20(32-3)21(33-4)11-16(15)26-17(23(22)24(28)29)12-27-8-7-25-13-27/h5-11,13H,12H2,1-4H3,(H,28,29). The molecule has 2 aromatic carbocycles. The lowest BCUT2D eigenvalue weighted by molar-refractivity contribution is 0.0696. The van der Waals surface area contributed by atoms with Gasteiger partial charge in [-0.1, -0.05) is 6.07 Å². The molecule has 0 fully saturated rings. The molecule has 0 aliphatic rings. The molecule has 0 saturated carbocycles. The number of nitrogens with zero attached hydrogens (tertiary/aromatic N) is 3. The molecule has 0 aliphatic carbocycles. The summed E-state index contributed by atoms with van der Waals surface area (Å²) in [4.78, 5) is 21.3. The monoisotopic (exact) mass is 449 g/mol. The number of ether oxygens (including phenoxy) is 4. The highest BCUT2D eigenvalue weighted by atomic mass is 16.5. The van der Waals surface area contributed by atoms with Crippen LogP contribution in [0.5, 0.6) is 23.0 Å². The van der Waals surface area contributed by atoms with Crippen LogP contribution in [0.1, 0.15) is 16.1 Å². The number of carboxylic acids is 1. The Morgan fingerprint density at radius 3 is 2.21 bits per heavy atom. The van der Waals surface area contributed by atoms with Gasteiger partial charge in [-0.05, 0) is 23.8 Å². The van der Waals surface area contributed by atoms with Gasteiger partial charge in [0.15, 0.2) is 23.0 Å². The highest BCUT2D eigenvalue weighted by Crippen LogP contribution is 2.41. The Balaban J connectivity index is 2.10. The number of hydrogen-bond acceptors (Lipinski definition) is 7. The maximum absolute atomic E-state index is 12.6. The van der Waals surface area contributed by atoms with Crippen molar-refractivity contribution >= 4 is 16.9 Å². The number of carbonyl (C=O) groups is 1. The molecular weight excluding hydrogens is 426 g/mol. The van der Waals surface area contributed by atoms with Gasteiger partial charge in [0, 0.05) is 29.4 Å². The number of aromatic carboxylic acids is 1. The van der Waals surface area contributed by atoms with Gasteiger partial charge in [-0.15, -0.1) is 0 Å². The lowest BCUT2D eigenvalue weighted by Gasteiger charge is -2.18. The molecule has 9 heteroatoms. The van der Waals surface area contributed by atoms with Crippen molar-refractivity contribution in [2.45, 2.75) is 6.54 Å². The summed E-state index contributed by atoms with van der Waals surface area (Å²) in [6, 6.07) is 8.75. The van der Waals surface area contributed by atoms with Crippen LogP contribution in [0.2, 0.25) is 0 Å². The third-order valence-corrected chi connectivity index (χ3v) is 5.34. The molecule has 0 aliphatic heterocycles. The number of benzene rings is 2. The maximum Gasteiger partial charge on any atom is 0.338 e. The van der Waals surface area contributed by atoms with Crippen molar-refractivity contribution in [3.63, 3.8) is 0 Å². The fourth-order valence-electron chi connectivity index (χ4n) is 3.83. The van der Waals surface area contributed by atoms with Crippen LogP contribution in [0.4, 0.5) is 0 Å². The van der Waals surface area contributed by atoms with Gasteiger partial charge >= 0.3 is 5.97 Å². The maximum atomic E-state index is 12.6. The average molecular weight is 449 g/mol. The minimum Gasteiger partial charge on any atom is -0.493 e. The van der Waals surface area contributed by atoms with Crippen LogP contribution in [0.25, 0.3) is 22.0 Å². The Bertz CT molecular complexity index is 1320. The molecule has 2 aromatic heterocycles. The molecule has 0 spiro atoms.